The topological polar surface area (TPSA) is 171 Å². The summed E-state index contributed by atoms with van der Waals surface area (Å²) in [7, 11) is -3.95. The van der Waals surface area contributed by atoms with Gasteiger partial charge in [-0.25, -0.2) is 13.2 Å². The molecular weight excluding hydrogens is 540 g/mol. The molecule has 226 valence electrons. The fraction of sp³-hybridized carbons (Fsp3) is 0.778. The third-order valence-electron chi connectivity index (χ3n) is 7.94. The van der Waals surface area contributed by atoms with Gasteiger partial charge in [0.05, 0.1) is 10.9 Å². The molecule has 2 saturated carbocycles. The smallest absolute Gasteiger partial charge is 0.408 e. The molecular formula is C27H44N4O8S. The zero-order chi connectivity index (χ0) is 30.5. The fourth-order valence-corrected chi connectivity index (χ4v) is 6.82. The highest BCUT2D eigenvalue weighted by Gasteiger charge is 2.63. The minimum atomic E-state index is -3.95. The third-order valence-corrected chi connectivity index (χ3v) is 10.2. The second kappa shape index (κ2) is 10.6. The first-order valence-electron chi connectivity index (χ1n) is 13.7. The van der Waals surface area contributed by atoms with Crippen molar-refractivity contribution >= 4 is 33.8 Å². The fourth-order valence-electron chi connectivity index (χ4n) is 5.16. The lowest BCUT2D eigenvalue weighted by Crippen LogP contribution is -2.60. The highest BCUT2D eigenvalue weighted by Crippen LogP contribution is 2.48. The monoisotopic (exact) mass is 584 g/mol. The molecule has 0 aromatic heterocycles. The van der Waals surface area contributed by atoms with E-state index in [0.29, 0.717) is 19.3 Å². The van der Waals surface area contributed by atoms with Gasteiger partial charge >= 0.3 is 6.09 Å². The van der Waals surface area contributed by atoms with Crippen molar-refractivity contribution in [3.8, 4) is 0 Å². The first-order chi connectivity index (χ1) is 18.2. The van der Waals surface area contributed by atoms with Crippen LogP contribution in [0.2, 0.25) is 0 Å². The number of carbonyl (C=O) groups excluding carboxylic acids is 4. The van der Waals surface area contributed by atoms with Gasteiger partial charge in [0, 0.05) is 18.9 Å². The molecule has 5 unspecified atom stereocenters. The lowest BCUT2D eigenvalue weighted by molar-refractivity contribution is -0.143. The number of nitrogens with one attached hydrogen (secondary N) is 3. The summed E-state index contributed by atoms with van der Waals surface area (Å²) in [5.74, 6) is -2.65. The van der Waals surface area contributed by atoms with Crippen molar-refractivity contribution in [1.82, 2.24) is 20.3 Å². The summed E-state index contributed by atoms with van der Waals surface area (Å²) >= 11 is 0. The van der Waals surface area contributed by atoms with E-state index in [0.717, 1.165) is 0 Å². The van der Waals surface area contributed by atoms with Crippen LogP contribution in [0.25, 0.3) is 0 Å². The van der Waals surface area contributed by atoms with E-state index in [2.05, 4.69) is 21.9 Å². The van der Waals surface area contributed by atoms with E-state index in [4.69, 9.17) is 4.74 Å². The summed E-state index contributed by atoms with van der Waals surface area (Å²) in [6.07, 6.45) is 1.01. The first kappa shape index (κ1) is 31.9. The SMILES string of the molecule is C=CC1CC1(NC(=O)C1CC(O)CN1C(=O)C(NC(=O)OC(C)(C)C)C(C)(C)C)C(=O)NS(=O)(=O)C1(CC)CC1. The molecule has 1 aliphatic heterocycles. The molecule has 5 atom stereocenters. The van der Waals surface area contributed by atoms with Gasteiger partial charge in [-0.3, -0.25) is 19.1 Å². The maximum absolute atomic E-state index is 13.7. The molecule has 40 heavy (non-hydrogen) atoms. The number of hydrogen-bond donors (Lipinski definition) is 4. The Hall–Kier alpha value is -2.67. The van der Waals surface area contributed by atoms with Crippen LogP contribution in [0.5, 0.6) is 0 Å². The van der Waals surface area contributed by atoms with Crippen molar-refractivity contribution in [1.29, 1.82) is 0 Å². The highest BCUT2D eigenvalue weighted by molar-refractivity contribution is 7.91. The van der Waals surface area contributed by atoms with Gasteiger partial charge in [0.25, 0.3) is 5.91 Å². The van der Waals surface area contributed by atoms with E-state index in [1.165, 1.54) is 11.0 Å². The average Bonchev–Trinajstić information content (AvgIpc) is 3.71. The zero-order valence-corrected chi connectivity index (χ0v) is 25.3. The Balaban J connectivity index is 1.80. The maximum atomic E-state index is 13.7. The summed E-state index contributed by atoms with van der Waals surface area (Å²) in [6.45, 7) is 15.6. The van der Waals surface area contributed by atoms with E-state index in [9.17, 15) is 32.7 Å². The van der Waals surface area contributed by atoms with Crippen LogP contribution in [0.3, 0.4) is 0 Å². The molecule has 1 heterocycles. The maximum Gasteiger partial charge on any atom is 0.408 e. The Labute approximate surface area is 236 Å². The van der Waals surface area contributed by atoms with Crippen LogP contribution >= 0.6 is 0 Å². The number of amides is 4. The molecule has 13 heteroatoms. The standard InChI is InChI=1S/C27H44N4O8S/c1-9-16-14-27(16,22(35)30-40(37,38)26(10-2)11-12-26)29-20(33)18-13-17(32)15-31(18)21(34)19(24(3,4)5)28-23(36)39-25(6,7)8/h9,16-19,32H,1,10-15H2,2-8H3,(H,28,36)(H,29,33)(H,30,35). The number of alkyl carbamates (subject to hydrolysis) is 1. The third kappa shape index (κ3) is 6.45. The number of carbonyl (C=O) groups is 4. The lowest BCUT2D eigenvalue weighted by atomic mass is 9.85. The molecule has 3 aliphatic rings. The van der Waals surface area contributed by atoms with Crippen molar-refractivity contribution < 1.29 is 37.4 Å². The predicted octanol–water partition coefficient (Wildman–Crippen LogP) is 1.34. The number of nitrogens with zero attached hydrogens (tertiary/aromatic N) is 1. The molecule has 4 N–H and O–H groups in total. The minimum Gasteiger partial charge on any atom is -0.444 e. The Bertz CT molecular complexity index is 1170. The van der Waals surface area contributed by atoms with E-state index in [1.54, 1.807) is 48.5 Å². The summed E-state index contributed by atoms with van der Waals surface area (Å²) in [6, 6.07) is -2.23. The number of rotatable bonds is 9. The molecule has 0 spiro atoms. The van der Waals surface area contributed by atoms with Gasteiger partial charge in [0.2, 0.25) is 21.8 Å². The Morgan fingerprint density at radius 1 is 1.15 bits per heavy atom. The van der Waals surface area contributed by atoms with Crippen LogP contribution in [-0.4, -0.2) is 82.9 Å². The molecule has 2 aliphatic carbocycles. The number of aliphatic hydroxyl groups is 1. The molecule has 4 amide bonds. The Morgan fingerprint density at radius 3 is 2.20 bits per heavy atom. The second-order valence-electron chi connectivity index (χ2n) is 13.3. The number of sulfonamides is 1. The molecule has 3 fully saturated rings. The van der Waals surface area contributed by atoms with Gasteiger partial charge in [-0.05, 0) is 51.9 Å². The van der Waals surface area contributed by atoms with E-state index < -0.39 is 79.2 Å². The Morgan fingerprint density at radius 2 is 1.75 bits per heavy atom. The summed E-state index contributed by atoms with van der Waals surface area (Å²) in [4.78, 5) is 54.3. The van der Waals surface area contributed by atoms with Crippen molar-refractivity contribution in [2.45, 2.75) is 115 Å². The van der Waals surface area contributed by atoms with Gasteiger partial charge in [0.1, 0.15) is 23.2 Å². The van der Waals surface area contributed by atoms with E-state index >= 15 is 0 Å². The van der Waals surface area contributed by atoms with Gasteiger partial charge in [-0.2, -0.15) is 0 Å². The van der Waals surface area contributed by atoms with Crippen molar-refractivity contribution in [2.24, 2.45) is 11.3 Å². The predicted molar refractivity (Wildman–Crippen MR) is 147 cm³/mol. The molecule has 3 rings (SSSR count). The van der Waals surface area contributed by atoms with Crippen LogP contribution in [-0.2, 0) is 29.1 Å². The lowest BCUT2D eigenvalue weighted by Gasteiger charge is -2.36. The molecule has 0 bridgehead atoms. The van der Waals surface area contributed by atoms with Crippen LogP contribution < -0.4 is 15.4 Å². The van der Waals surface area contributed by atoms with Gasteiger partial charge < -0.3 is 25.4 Å². The first-order valence-corrected chi connectivity index (χ1v) is 15.2. The van der Waals surface area contributed by atoms with Crippen molar-refractivity contribution in [3.63, 3.8) is 0 Å². The quantitative estimate of drug-likeness (QED) is 0.294. The van der Waals surface area contributed by atoms with Crippen LogP contribution in [0.4, 0.5) is 4.79 Å². The van der Waals surface area contributed by atoms with Gasteiger partial charge in [0.15, 0.2) is 0 Å². The molecule has 0 aromatic carbocycles. The number of aliphatic hydroxyl groups excluding tert-OH is 1. The Kier molecular flexibility index (Phi) is 8.46. The molecule has 12 nitrogen and oxygen atoms in total. The minimum absolute atomic E-state index is 0.0887. The molecule has 1 saturated heterocycles. The number of ether oxygens (including phenoxy) is 1. The summed E-state index contributed by atoms with van der Waals surface area (Å²) < 4.78 is 32.3. The highest BCUT2D eigenvalue weighted by atomic mass is 32.2. The number of β-amino-alcohol motifs (C(OH)–C–C–N with tert-alkyl or cyclic N) is 1. The van der Waals surface area contributed by atoms with E-state index in [-0.39, 0.29) is 19.4 Å². The number of likely N-dealkylation sites (tertiary alicyclic amines) is 1. The normalized spacial score (nSPS) is 28.2. The largest absolute Gasteiger partial charge is 0.444 e. The molecule has 0 aromatic rings. The van der Waals surface area contributed by atoms with E-state index in [1.807, 2.05) is 0 Å². The average molecular weight is 585 g/mol. The summed E-state index contributed by atoms with van der Waals surface area (Å²) in [5.41, 5.74) is -3.11. The van der Waals surface area contributed by atoms with Crippen molar-refractivity contribution in [2.75, 3.05) is 6.54 Å². The van der Waals surface area contributed by atoms with Crippen LogP contribution in [0, 0.1) is 11.3 Å². The van der Waals surface area contributed by atoms with Crippen molar-refractivity contribution in [3.05, 3.63) is 12.7 Å². The van der Waals surface area contributed by atoms with Crippen LogP contribution in [0.15, 0.2) is 12.7 Å². The number of hydrogen-bond acceptors (Lipinski definition) is 8. The molecule has 0 radical (unpaired) electrons. The van der Waals surface area contributed by atoms with Gasteiger partial charge in [-0.1, -0.05) is 33.8 Å². The summed E-state index contributed by atoms with van der Waals surface area (Å²) in [5, 5.41) is 15.7. The van der Waals surface area contributed by atoms with Gasteiger partial charge in [-0.15, -0.1) is 6.58 Å². The van der Waals surface area contributed by atoms with Crippen LogP contribution in [0.1, 0.15) is 80.6 Å². The zero-order valence-electron chi connectivity index (χ0n) is 24.5. The second-order valence-corrected chi connectivity index (χ2v) is 15.4.